The number of aliphatic hydroxyl groups is 1. The summed E-state index contributed by atoms with van der Waals surface area (Å²) in [4.78, 5) is 33.7. The lowest BCUT2D eigenvalue weighted by Gasteiger charge is -2.35. The molecule has 1 amide bonds. The molecule has 6 rings (SSSR count). The molecular weight excluding hydrogens is 538 g/mol. The van der Waals surface area contributed by atoms with Crippen molar-refractivity contribution >= 4 is 28.3 Å². The van der Waals surface area contributed by atoms with E-state index in [-0.39, 0.29) is 23.7 Å². The zero-order chi connectivity index (χ0) is 28.7. The number of anilines is 1. The number of nitrogens with zero attached hydrogens (tertiary/aromatic N) is 3. The first-order valence-electron chi connectivity index (χ1n) is 14.5. The number of hydrogen-bond donors (Lipinski definition) is 2. The molecule has 41 heavy (non-hydrogen) atoms. The van der Waals surface area contributed by atoms with E-state index in [9.17, 15) is 19.8 Å². The third kappa shape index (κ3) is 5.70. The number of carboxylic acids is 1. The van der Waals surface area contributed by atoms with Crippen LogP contribution in [-0.2, 0) is 11.4 Å². The highest BCUT2D eigenvalue weighted by Crippen LogP contribution is 2.44. The number of ether oxygens (including phenoxy) is 1. The molecule has 0 radical (unpaired) electrons. The fourth-order valence-electron chi connectivity index (χ4n) is 6.75. The van der Waals surface area contributed by atoms with Crippen molar-refractivity contribution in [2.45, 2.75) is 52.2 Å². The van der Waals surface area contributed by atoms with Crippen LogP contribution in [0.15, 0.2) is 41.8 Å². The number of aromatic nitrogens is 1. The maximum atomic E-state index is 13.0. The van der Waals surface area contributed by atoms with Crippen molar-refractivity contribution in [3.8, 4) is 17.0 Å². The summed E-state index contributed by atoms with van der Waals surface area (Å²) in [5, 5.41) is 22.6. The SMILES string of the molecule is Cc1ccc(OCc2ccc(C(=O)N3CCCC(O)C3)cc2C)c(-c2csc(N3CC4CCC(C3)C4C(=O)O)n2)c1. The molecule has 2 N–H and O–H groups in total. The van der Waals surface area contributed by atoms with Gasteiger partial charge in [0.25, 0.3) is 5.91 Å². The molecule has 2 bridgehead atoms. The molecular formula is C32H37N3O5S. The number of thiazole rings is 1. The summed E-state index contributed by atoms with van der Waals surface area (Å²) in [7, 11) is 0. The van der Waals surface area contributed by atoms with E-state index in [1.807, 2.05) is 37.3 Å². The van der Waals surface area contributed by atoms with Crippen LogP contribution in [0.25, 0.3) is 11.3 Å². The number of piperidine rings is 2. The highest BCUT2D eigenvalue weighted by molar-refractivity contribution is 7.14. The van der Waals surface area contributed by atoms with Crippen LogP contribution in [0.2, 0.25) is 0 Å². The third-order valence-corrected chi connectivity index (χ3v) is 9.85. The second-order valence-electron chi connectivity index (χ2n) is 11.9. The summed E-state index contributed by atoms with van der Waals surface area (Å²) in [6.07, 6.45) is 3.07. The highest BCUT2D eigenvalue weighted by atomic mass is 32.1. The number of carbonyl (C=O) groups is 2. The number of likely N-dealkylation sites (tertiary alicyclic amines) is 1. The van der Waals surface area contributed by atoms with Crippen LogP contribution in [0, 0.1) is 31.6 Å². The van der Waals surface area contributed by atoms with Gasteiger partial charge in [-0.25, -0.2) is 4.98 Å². The minimum absolute atomic E-state index is 0.0420. The van der Waals surface area contributed by atoms with E-state index in [4.69, 9.17) is 9.72 Å². The maximum Gasteiger partial charge on any atom is 0.307 e. The Kier molecular flexibility index (Phi) is 7.74. The largest absolute Gasteiger partial charge is 0.488 e. The topological polar surface area (TPSA) is 103 Å². The number of rotatable bonds is 7. The smallest absolute Gasteiger partial charge is 0.307 e. The van der Waals surface area contributed by atoms with Crippen LogP contribution in [0.1, 0.15) is 52.7 Å². The molecule has 3 aliphatic rings. The fourth-order valence-corrected chi connectivity index (χ4v) is 7.60. The van der Waals surface area contributed by atoms with Crippen LogP contribution in [0.4, 0.5) is 5.13 Å². The monoisotopic (exact) mass is 575 g/mol. The standard InChI is InChI=1S/C32H37N3O5S/c1-19-5-10-28(40-17-24-9-6-21(13-20(24)2)30(37)34-11-3-4-25(36)16-34)26(12-19)27-18-41-32(33-27)35-14-22-7-8-23(15-35)29(22)31(38)39/h5-6,9-10,12-13,18,22-23,25,29,36H,3-4,7-8,11,14-17H2,1-2H3,(H,38,39). The van der Waals surface area contributed by atoms with Crippen LogP contribution in [0.3, 0.4) is 0 Å². The maximum absolute atomic E-state index is 13.0. The van der Waals surface area contributed by atoms with Gasteiger partial charge in [-0.1, -0.05) is 17.7 Å². The van der Waals surface area contributed by atoms with E-state index in [0.717, 1.165) is 77.6 Å². The number of carboxylic acid groups (broad SMARTS) is 1. The van der Waals surface area contributed by atoms with E-state index < -0.39 is 12.1 Å². The van der Waals surface area contributed by atoms with Gasteiger partial charge in [0.2, 0.25) is 0 Å². The van der Waals surface area contributed by atoms with Crippen molar-refractivity contribution in [2.24, 2.45) is 17.8 Å². The number of β-amino-alcohol motifs (C(OH)–C–C–N with tert-alkyl or cyclic N) is 1. The summed E-state index contributed by atoms with van der Waals surface area (Å²) in [6.45, 7) is 6.96. The summed E-state index contributed by atoms with van der Waals surface area (Å²) < 4.78 is 6.34. The molecule has 2 saturated heterocycles. The van der Waals surface area contributed by atoms with E-state index in [1.54, 1.807) is 16.2 Å². The van der Waals surface area contributed by atoms with E-state index in [0.29, 0.717) is 25.3 Å². The van der Waals surface area contributed by atoms with E-state index in [2.05, 4.69) is 23.3 Å². The molecule has 9 heteroatoms. The van der Waals surface area contributed by atoms with Gasteiger partial charge in [0.15, 0.2) is 5.13 Å². The van der Waals surface area contributed by atoms with Gasteiger partial charge < -0.3 is 24.7 Å². The van der Waals surface area contributed by atoms with Gasteiger partial charge in [0.05, 0.1) is 17.7 Å². The van der Waals surface area contributed by atoms with Crippen LogP contribution in [-0.4, -0.2) is 64.3 Å². The number of aliphatic hydroxyl groups excluding tert-OH is 1. The van der Waals surface area contributed by atoms with Crippen LogP contribution < -0.4 is 9.64 Å². The summed E-state index contributed by atoms with van der Waals surface area (Å²) in [5.74, 6) is 0.201. The molecule has 8 nitrogen and oxygen atoms in total. The zero-order valence-corrected chi connectivity index (χ0v) is 24.4. The molecule has 0 spiro atoms. The Balaban J connectivity index is 1.16. The van der Waals surface area contributed by atoms with Crippen molar-refractivity contribution in [1.82, 2.24) is 9.88 Å². The van der Waals surface area contributed by atoms with Gasteiger partial charge in [-0.15, -0.1) is 11.3 Å². The van der Waals surface area contributed by atoms with Gasteiger partial charge in [0, 0.05) is 42.7 Å². The lowest BCUT2D eigenvalue weighted by molar-refractivity contribution is -0.144. The van der Waals surface area contributed by atoms with Gasteiger partial charge in [0.1, 0.15) is 12.4 Å². The molecule has 216 valence electrons. The Morgan fingerprint density at radius 3 is 2.54 bits per heavy atom. The lowest BCUT2D eigenvalue weighted by atomic mass is 9.85. The summed E-state index contributed by atoms with van der Waals surface area (Å²) >= 11 is 1.60. The first-order chi connectivity index (χ1) is 19.8. The van der Waals surface area contributed by atoms with Gasteiger partial charge in [-0.3, -0.25) is 9.59 Å². The molecule has 3 heterocycles. The minimum Gasteiger partial charge on any atom is -0.488 e. The first kappa shape index (κ1) is 27.7. The van der Waals surface area contributed by atoms with Gasteiger partial charge in [-0.05, 0) is 86.8 Å². The quantitative estimate of drug-likeness (QED) is 0.402. The normalized spacial score (nSPS) is 24.0. The number of carbonyl (C=O) groups excluding carboxylic acids is 1. The molecule has 3 atom stereocenters. The zero-order valence-electron chi connectivity index (χ0n) is 23.6. The van der Waals surface area contributed by atoms with Crippen molar-refractivity contribution in [1.29, 1.82) is 0 Å². The Morgan fingerprint density at radius 2 is 1.83 bits per heavy atom. The average molecular weight is 576 g/mol. The van der Waals surface area contributed by atoms with Crippen molar-refractivity contribution in [3.05, 3.63) is 64.0 Å². The van der Waals surface area contributed by atoms with Crippen molar-refractivity contribution < 1.29 is 24.5 Å². The molecule has 1 aromatic heterocycles. The molecule has 3 aromatic rings. The van der Waals surface area contributed by atoms with E-state index in [1.165, 1.54) is 0 Å². The molecule has 2 aromatic carbocycles. The van der Waals surface area contributed by atoms with Crippen LogP contribution >= 0.6 is 11.3 Å². The van der Waals surface area contributed by atoms with Crippen LogP contribution in [0.5, 0.6) is 5.75 Å². The number of aliphatic carboxylic acids is 1. The average Bonchev–Trinajstić information content (AvgIpc) is 3.55. The molecule has 1 aliphatic carbocycles. The van der Waals surface area contributed by atoms with Gasteiger partial charge >= 0.3 is 5.97 Å². The molecule has 3 unspecified atom stereocenters. The Hall–Kier alpha value is -3.43. The number of amides is 1. The number of fused-ring (bicyclic) bond motifs is 2. The number of hydrogen-bond acceptors (Lipinski definition) is 7. The molecule has 3 fully saturated rings. The predicted octanol–water partition coefficient (Wildman–Crippen LogP) is 5.15. The highest BCUT2D eigenvalue weighted by Gasteiger charge is 2.46. The lowest BCUT2D eigenvalue weighted by Crippen LogP contribution is -2.44. The van der Waals surface area contributed by atoms with E-state index >= 15 is 0 Å². The second-order valence-corrected chi connectivity index (χ2v) is 12.7. The second kappa shape index (κ2) is 11.4. The fraction of sp³-hybridized carbons (Fsp3) is 0.469. The van der Waals surface area contributed by atoms with Crippen molar-refractivity contribution in [2.75, 3.05) is 31.1 Å². The first-order valence-corrected chi connectivity index (χ1v) is 15.4. The predicted molar refractivity (Wildman–Crippen MR) is 158 cm³/mol. The minimum atomic E-state index is -0.656. The number of benzene rings is 2. The van der Waals surface area contributed by atoms with Gasteiger partial charge in [-0.2, -0.15) is 0 Å². The Morgan fingerprint density at radius 1 is 1.05 bits per heavy atom. The third-order valence-electron chi connectivity index (χ3n) is 8.95. The number of aryl methyl sites for hydroxylation is 2. The Labute approximate surface area is 244 Å². The Bertz CT molecular complexity index is 1440. The summed E-state index contributed by atoms with van der Waals surface area (Å²) in [5.41, 5.74) is 5.53. The molecule has 1 saturated carbocycles. The molecule has 2 aliphatic heterocycles. The summed E-state index contributed by atoms with van der Waals surface area (Å²) in [6, 6.07) is 11.8. The van der Waals surface area contributed by atoms with Crippen molar-refractivity contribution in [3.63, 3.8) is 0 Å².